The van der Waals surface area contributed by atoms with Gasteiger partial charge in [-0.05, 0) is 12.5 Å². The second-order valence-electron chi connectivity index (χ2n) is 5.51. The molecule has 3 rings (SSSR count). The summed E-state index contributed by atoms with van der Waals surface area (Å²) in [5, 5.41) is 0.969. The molecule has 2 aliphatic rings. The van der Waals surface area contributed by atoms with Crippen LogP contribution in [0.4, 0.5) is 0 Å². The molecule has 0 bridgehead atoms. The first-order valence-electron chi connectivity index (χ1n) is 6.64. The number of fused-ring (bicyclic) bond motifs is 1. The molecule has 2 aliphatic heterocycles. The normalized spacial score (nSPS) is 27.5. The Balaban J connectivity index is 1.68. The molecule has 0 radical (unpaired) electrons. The van der Waals surface area contributed by atoms with E-state index in [1.54, 1.807) is 11.8 Å². The smallest absolute Gasteiger partial charge is 0.159 e. The summed E-state index contributed by atoms with van der Waals surface area (Å²) in [6.07, 6.45) is 0. The molecule has 2 atom stereocenters. The molecule has 2 heterocycles. The Morgan fingerprint density at radius 1 is 1.40 bits per heavy atom. The van der Waals surface area contributed by atoms with Gasteiger partial charge in [-0.2, -0.15) is 0 Å². The van der Waals surface area contributed by atoms with Crippen LogP contribution in [0.25, 0.3) is 0 Å². The third-order valence-electron chi connectivity index (χ3n) is 3.82. The van der Waals surface area contributed by atoms with Crippen molar-refractivity contribution in [2.45, 2.75) is 24.8 Å². The summed E-state index contributed by atoms with van der Waals surface area (Å²) < 4.78 is 23.2. The van der Waals surface area contributed by atoms with Crippen LogP contribution in [0.5, 0.6) is 0 Å². The zero-order valence-electron chi connectivity index (χ0n) is 11.6. The van der Waals surface area contributed by atoms with Crippen LogP contribution in [0, 0.1) is 6.92 Å². The number of thioether (sulfide) groups is 1. The Bertz CT molecular complexity index is 655. The van der Waals surface area contributed by atoms with Gasteiger partial charge < -0.3 is 4.90 Å². The number of sulfone groups is 1. The number of hydrogen-bond acceptors (Lipinski definition) is 5. The summed E-state index contributed by atoms with van der Waals surface area (Å²) in [4.78, 5) is 6.63. The van der Waals surface area contributed by atoms with Gasteiger partial charge in [0.15, 0.2) is 15.0 Å². The number of aliphatic imine (C=N–C) groups is 1. The molecule has 0 unspecified atom stereocenters. The van der Waals surface area contributed by atoms with Crippen molar-refractivity contribution in [3.05, 3.63) is 35.4 Å². The number of amidine groups is 1. The van der Waals surface area contributed by atoms with Gasteiger partial charge in [0.25, 0.3) is 0 Å². The molecule has 1 saturated heterocycles. The summed E-state index contributed by atoms with van der Waals surface area (Å²) in [5.41, 5.74) is 2.53. The van der Waals surface area contributed by atoms with Gasteiger partial charge in [0, 0.05) is 12.8 Å². The predicted molar refractivity (Wildman–Crippen MR) is 83.9 cm³/mol. The number of likely N-dealkylation sites (N-methyl/N-ethyl adjacent to an activating group) is 1. The summed E-state index contributed by atoms with van der Waals surface area (Å²) in [7, 11) is -0.941. The predicted octanol–water partition coefficient (Wildman–Crippen LogP) is 1.70. The van der Waals surface area contributed by atoms with Crippen LogP contribution in [0.2, 0.25) is 0 Å². The standard InChI is InChI=1S/C14H18N2O2S2/c1-10-4-3-5-11(6-10)7-19-14-15-12-8-20(17,18)9-13(12)16(14)2/h3-6,12-13H,7-9H2,1-2H3/t12-,13+/m0/s1. The highest BCUT2D eigenvalue weighted by molar-refractivity contribution is 8.13. The second-order valence-corrected chi connectivity index (χ2v) is 8.61. The first-order chi connectivity index (χ1) is 9.44. The number of benzene rings is 1. The highest BCUT2D eigenvalue weighted by atomic mass is 32.2. The van der Waals surface area contributed by atoms with E-state index >= 15 is 0 Å². The Morgan fingerprint density at radius 3 is 2.90 bits per heavy atom. The van der Waals surface area contributed by atoms with Gasteiger partial charge in [-0.15, -0.1) is 0 Å². The van der Waals surface area contributed by atoms with Crippen LogP contribution < -0.4 is 0 Å². The van der Waals surface area contributed by atoms with Gasteiger partial charge in [-0.25, -0.2) is 8.42 Å². The molecule has 6 heteroatoms. The molecule has 1 aromatic carbocycles. The van der Waals surface area contributed by atoms with E-state index < -0.39 is 9.84 Å². The van der Waals surface area contributed by atoms with Gasteiger partial charge >= 0.3 is 0 Å². The van der Waals surface area contributed by atoms with E-state index in [0.29, 0.717) is 0 Å². The van der Waals surface area contributed by atoms with Crippen molar-refractivity contribution in [1.82, 2.24) is 4.90 Å². The summed E-state index contributed by atoms with van der Waals surface area (Å²) in [5.74, 6) is 1.32. The fourth-order valence-corrected chi connectivity index (χ4v) is 5.71. The Kier molecular flexibility index (Phi) is 3.54. The number of nitrogens with zero attached hydrogens (tertiary/aromatic N) is 2. The lowest BCUT2D eigenvalue weighted by Gasteiger charge is -2.20. The van der Waals surface area contributed by atoms with Gasteiger partial charge in [0.1, 0.15) is 0 Å². The van der Waals surface area contributed by atoms with Crippen LogP contribution in [-0.4, -0.2) is 49.1 Å². The molecular formula is C14H18N2O2S2. The van der Waals surface area contributed by atoms with Crippen LogP contribution in [0.1, 0.15) is 11.1 Å². The first kappa shape index (κ1) is 13.9. The van der Waals surface area contributed by atoms with Gasteiger partial charge in [-0.1, -0.05) is 41.6 Å². The van der Waals surface area contributed by atoms with E-state index in [1.165, 1.54) is 11.1 Å². The molecule has 20 heavy (non-hydrogen) atoms. The fourth-order valence-electron chi connectivity index (χ4n) is 2.77. The molecule has 0 N–H and O–H groups in total. The van der Waals surface area contributed by atoms with Crippen molar-refractivity contribution in [3.8, 4) is 0 Å². The Labute approximate surface area is 124 Å². The molecule has 0 spiro atoms. The maximum Gasteiger partial charge on any atom is 0.159 e. The van der Waals surface area contributed by atoms with E-state index in [-0.39, 0.29) is 23.6 Å². The first-order valence-corrected chi connectivity index (χ1v) is 9.45. The van der Waals surface area contributed by atoms with E-state index in [4.69, 9.17) is 0 Å². The molecular weight excluding hydrogens is 292 g/mol. The van der Waals surface area contributed by atoms with Crippen LogP contribution in [0.15, 0.2) is 29.3 Å². The molecule has 1 fully saturated rings. The third kappa shape index (κ3) is 2.72. The highest BCUT2D eigenvalue weighted by Crippen LogP contribution is 2.30. The van der Waals surface area contributed by atoms with E-state index in [0.717, 1.165) is 10.9 Å². The lowest BCUT2D eigenvalue weighted by molar-refractivity contribution is 0.410. The van der Waals surface area contributed by atoms with Crippen molar-refractivity contribution in [2.75, 3.05) is 18.6 Å². The molecule has 0 aromatic heterocycles. The molecule has 0 amide bonds. The largest absolute Gasteiger partial charge is 0.348 e. The Morgan fingerprint density at radius 2 is 2.20 bits per heavy atom. The molecule has 1 aromatic rings. The topological polar surface area (TPSA) is 49.7 Å². The average Bonchev–Trinajstić information content (AvgIpc) is 2.81. The van der Waals surface area contributed by atoms with Gasteiger partial charge in [0.05, 0.1) is 23.6 Å². The van der Waals surface area contributed by atoms with Crippen molar-refractivity contribution >= 4 is 26.8 Å². The highest BCUT2D eigenvalue weighted by Gasteiger charge is 2.44. The van der Waals surface area contributed by atoms with Crippen LogP contribution in [0.3, 0.4) is 0 Å². The lowest BCUT2D eigenvalue weighted by atomic mass is 10.2. The minimum atomic E-state index is -2.89. The Hall–Kier alpha value is -1.01. The molecule has 108 valence electrons. The minimum Gasteiger partial charge on any atom is -0.348 e. The number of aryl methyl sites for hydroxylation is 1. The maximum atomic E-state index is 11.6. The monoisotopic (exact) mass is 310 g/mol. The summed E-state index contributed by atoms with van der Waals surface area (Å²) >= 11 is 1.69. The quantitative estimate of drug-likeness (QED) is 0.834. The number of hydrogen-bond donors (Lipinski definition) is 0. The zero-order chi connectivity index (χ0) is 14.3. The molecule has 4 nitrogen and oxygen atoms in total. The zero-order valence-corrected chi connectivity index (χ0v) is 13.2. The number of rotatable bonds is 2. The van der Waals surface area contributed by atoms with Crippen molar-refractivity contribution in [2.24, 2.45) is 4.99 Å². The van der Waals surface area contributed by atoms with Gasteiger partial charge in [0.2, 0.25) is 0 Å². The average molecular weight is 310 g/mol. The molecule has 0 saturated carbocycles. The summed E-state index contributed by atoms with van der Waals surface area (Å²) in [6.45, 7) is 2.09. The van der Waals surface area contributed by atoms with Crippen molar-refractivity contribution in [3.63, 3.8) is 0 Å². The van der Waals surface area contributed by atoms with E-state index in [2.05, 4.69) is 36.2 Å². The SMILES string of the molecule is Cc1cccc(CSC2=N[C@H]3CS(=O)(=O)C[C@H]3N2C)c1. The summed E-state index contributed by atoms with van der Waals surface area (Å²) in [6, 6.07) is 8.41. The lowest BCUT2D eigenvalue weighted by Crippen LogP contribution is -2.35. The second kappa shape index (κ2) is 5.07. The van der Waals surface area contributed by atoms with Crippen molar-refractivity contribution in [1.29, 1.82) is 0 Å². The van der Waals surface area contributed by atoms with Crippen LogP contribution >= 0.6 is 11.8 Å². The molecule has 0 aliphatic carbocycles. The third-order valence-corrected chi connectivity index (χ3v) is 6.65. The van der Waals surface area contributed by atoms with E-state index in [9.17, 15) is 8.42 Å². The van der Waals surface area contributed by atoms with Crippen molar-refractivity contribution < 1.29 is 8.42 Å². The van der Waals surface area contributed by atoms with Crippen LogP contribution in [-0.2, 0) is 15.6 Å². The fraction of sp³-hybridized carbons (Fsp3) is 0.500. The maximum absolute atomic E-state index is 11.6. The minimum absolute atomic E-state index is 0.0417. The van der Waals surface area contributed by atoms with E-state index in [1.807, 2.05) is 11.9 Å². The van der Waals surface area contributed by atoms with Gasteiger partial charge in [-0.3, -0.25) is 4.99 Å².